The molecule has 0 unspecified atom stereocenters. The van der Waals surface area contributed by atoms with E-state index in [-0.39, 0.29) is 18.4 Å². The van der Waals surface area contributed by atoms with Gasteiger partial charge in [-0.05, 0) is 50.8 Å². The van der Waals surface area contributed by atoms with Crippen LogP contribution in [0.5, 0.6) is 0 Å². The third kappa shape index (κ3) is 5.01. The molecule has 7 heteroatoms. The Morgan fingerprint density at radius 3 is 2.39 bits per heavy atom. The van der Waals surface area contributed by atoms with Crippen molar-refractivity contribution in [2.75, 3.05) is 13.1 Å². The van der Waals surface area contributed by atoms with Crippen LogP contribution >= 0.6 is 11.3 Å². The first-order chi connectivity index (χ1) is 13.4. The molecular weight excluding hydrogens is 392 g/mol. The summed E-state index contributed by atoms with van der Waals surface area (Å²) in [6.45, 7) is 5.73. The molecule has 152 valence electrons. The summed E-state index contributed by atoms with van der Waals surface area (Å²) >= 11 is 1.21. The van der Waals surface area contributed by atoms with Gasteiger partial charge in [-0.1, -0.05) is 30.3 Å². The van der Waals surface area contributed by atoms with Crippen molar-refractivity contribution in [2.24, 2.45) is 0 Å². The van der Waals surface area contributed by atoms with Crippen LogP contribution in [-0.4, -0.2) is 42.7 Å². The zero-order valence-electron chi connectivity index (χ0n) is 16.5. The van der Waals surface area contributed by atoms with Gasteiger partial charge in [0.2, 0.25) is 5.91 Å². The topological polar surface area (TPSA) is 57.7 Å². The monoisotopic (exact) mass is 420 g/mol. The maximum absolute atomic E-state index is 13.2. The first-order valence-corrected chi connectivity index (χ1v) is 12.1. The Kier molecular flexibility index (Phi) is 6.91. The normalized spacial score (nSPS) is 15.4. The number of hydrogen-bond donors (Lipinski definition) is 0. The third-order valence-electron chi connectivity index (χ3n) is 4.99. The predicted molar refractivity (Wildman–Crippen MR) is 113 cm³/mol. The van der Waals surface area contributed by atoms with E-state index in [1.54, 1.807) is 12.1 Å². The second-order valence-electron chi connectivity index (χ2n) is 7.47. The zero-order chi connectivity index (χ0) is 20.1. The number of benzene rings is 1. The molecular formula is C21H28N2O3S2. The van der Waals surface area contributed by atoms with Crippen LogP contribution in [0.2, 0.25) is 0 Å². The molecule has 2 heterocycles. The number of sulfonamides is 1. The van der Waals surface area contributed by atoms with E-state index in [9.17, 15) is 13.2 Å². The van der Waals surface area contributed by atoms with Gasteiger partial charge in [-0.2, -0.15) is 4.31 Å². The van der Waals surface area contributed by atoms with Crippen LogP contribution in [0.3, 0.4) is 0 Å². The van der Waals surface area contributed by atoms with Gasteiger partial charge in [-0.25, -0.2) is 8.42 Å². The van der Waals surface area contributed by atoms with Gasteiger partial charge in [0.05, 0.1) is 6.42 Å². The minimum absolute atomic E-state index is 0.0931. The van der Waals surface area contributed by atoms with Crippen molar-refractivity contribution < 1.29 is 13.2 Å². The lowest BCUT2D eigenvalue weighted by molar-refractivity contribution is -0.131. The molecule has 1 aliphatic heterocycles. The van der Waals surface area contributed by atoms with Crippen LogP contribution in [0, 0.1) is 0 Å². The van der Waals surface area contributed by atoms with Gasteiger partial charge in [0.1, 0.15) is 4.21 Å². The summed E-state index contributed by atoms with van der Waals surface area (Å²) in [5, 5.41) is 0. The van der Waals surface area contributed by atoms with E-state index < -0.39 is 10.0 Å². The van der Waals surface area contributed by atoms with Crippen molar-refractivity contribution in [1.29, 1.82) is 0 Å². The van der Waals surface area contributed by atoms with Gasteiger partial charge in [0, 0.05) is 30.6 Å². The van der Waals surface area contributed by atoms with Crippen LogP contribution in [0.4, 0.5) is 0 Å². The number of thiophene rings is 1. The summed E-state index contributed by atoms with van der Waals surface area (Å²) in [5.41, 5.74) is 0.955. The van der Waals surface area contributed by atoms with Gasteiger partial charge in [0.15, 0.2) is 0 Å². The summed E-state index contributed by atoms with van der Waals surface area (Å²) in [6.07, 6.45) is 3.56. The largest absolute Gasteiger partial charge is 0.342 e. The van der Waals surface area contributed by atoms with Crippen LogP contribution in [0.25, 0.3) is 0 Å². The number of hydrogen-bond acceptors (Lipinski definition) is 4. The SMILES string of the molecule is CC(C)N(Cc1ccccc1)S(=O)(=O)c1ccc(CC(=O)N2CCCCC2)s1. The Balaban J connectivity index is 1.74. The summed E-state index contributed by atoms with van der Waals surface area (Å²) < 4.78 is 28.3. The van der Waals surface area contributed by atoms with Crippen molar-refractivity contribution in [2.45, 2.75) is 56.3 Å². The molecule has 5 nitrogen and oxygen atoms in total. The van der Waals surface area contributed by atoms with E-state index in [1.807, 2.05) is 49.1 Å². The highest BCUT2D eigenvalue weighted by atomic mass is 32.2. The number of piperidine rings is 1. The Bertz CT molecular complexity index is 885. The fraction of sp³-hybridized carbons (Fsp3) is 0.476. The predicted octanol–water partition coefficient (Wildman–Crippen LogP) is 3.90. The fourth-order valence-electron chi connectivity index (χ4n) is 3.42. The number of carbonyl (C=O) groups excluding carboxylic acids is 1. The van der Waals surface area contributed by atoms with Gasteiger partial charge < -0.3 is 4.90 Å². The van der Waals surface area contributed by atoms with Crippen LogP contribution in [0.15, 0.2) is 46.7 Å². The first kappa shape index (κ1) is 21.0. The highest BCUT2D eigenvalue weighted by Crippen LogP contribution is 2.28. The molecule has 1 aromatic carbocycles. The zero-order valence-corrected chi connectivity index (χ0v) is 18.1. The summed E-state index contributed by atoms with van der Waals surface area (Å²) in [5.74, 6) is 0.0931. The number of amides is 1. The molecule has 0 atom stereocenters. The molecule has 1 fully saturated rings. The van der Waals surface area contributed by atoms with Crippen LogP contribution < -0.4 is 0 Å². The number of carbonyl (C=O) groups is 1. The molecule has 2 aromatic rings. The maximum atomic E-state index is 13.2. The number of rotatable bonds is 7. The second kappa shape index (κ2) is 9.20. The minimum Gasteiger partial charge on any atom is -0.342 e. The molecule has 28 heavy (non-hydrogen) atoms. The third-order valence-corrected chi connectivity index (χ3v) is 8.57. The van der Waals surface area contributed by atoms with E-state index in [1.165, 1.54) is 22.1 Å². The Morgan fingerprint density at radius 1 is 1.07 bits per heavy atom. The molecule has 0 N–H and O–H groups in total. The average Bonchev–Trinajstić information content (AvgIpc) is 3.16. The molecule has 1 saturated heterocycles. The smallest absolute Gasteiger partial charge is 0.253 e. The van der Waals surface area contributed by atoms with E-state index in [2.05, 4.69) is 0 Å². The Hall–Kier alpha value is -1.70. The van der Waals surface area contributed by atoms with Crippen LogP contribution in [-0.2, 0) is 27.8 Å². The number of likely N-dealkylation sites (tertiary alicyclic amines) is 1. The molecule has 1 amide bonds. The Morgan fingerprint density at radius 2 is 1.75 bits per heavy atom. The minimum atomic E-state index is -3.61. The van der Waals surface area contributed by atoms with Crippen molar-refractivity contribution in [1.82, 2.24) is 9.21 Å². The van der Waals surface area contributed by atoms with Crippen molar-refractivity contribution in [3.63, 3.8) is 0 Å². The second-order valence-corrected chi connectivity index (χ2v) is 10.8. The van der Waals surface area contributed by atoms with Crippen molar-refractivity contribution >= 4 is 27.3 Å². The maximum Gasteiger partial charge on any atom is 0.253 e. The molecule has 1 aliphatic rings. The lowest BCUT2D eigenvalue weighted by atomic mass is 10.1. The van der Waals surface area contributed by atoms with Gasteiger partial charge in [0.25, 0.3) is 10.0 Å². The quantitative estimate of drug-likeness (QED) is 0.683. The molecule has 0 saturated carbocycles. The van der Waals surface area contributed by atoms with Gasteiger partial charge >= 0.3 is 0 Å². The lowest BCUT2D eigenvalue weighted by Crippen LogP contribution is -2.36. The van der Waals surface area contributed by atoms with Crippen LogP contribution in [0.1, 0.15) is 43.6 Å². The van der Waals surface area contributed by atoms with Crippen molar-refractivity contribution in [3.05, 3.63) is 52.9 Å². The summed E-state index contributed by atoms with van der Waals surface area (Å²) in [4.78, 5) is 15.2. The highest BCUT2D eigenvalue weighted by molar-refractivity contribution is 7.91. The molecule has 0 aliphatic carbocycles. The standard InChI is InChI=1S/C21H28N2O3S2/c1-17(2)23(16-18-9-5-3-6-10-18)28(25,26)21-12-11-19(27-21)15-20(24)22-13-7-4-8-14-22/h3,5-6,9-12,17H,4,7-8,13-16H2,1-2H3. The fourth-order valence-corrected chi connectivity index (χ4v) is 6.52. The first-order valence-electron chi connectivity index (χ1n) is 9.80. The van der Waals surface area contributed by atoms with E-state index in [0.29, 0.717) is 10.8 Å². The lowest BCUT2D eigenvalue weighted by Gasteiger charge is -2.26. The molecule has 3 rings (SSSR count). The van der Waals surface area contributed by atoms with Gasteiger partial charge in [-0.15, -0.1) is 11.3 Å². The molecule has 0 radical (unpaired) electrons. The molecule has 0 bridgehead atoms. The van der Waals surface area contributed by atoms with Crippen molar-refractivity contribution in [3.8, 4) is 0 Å². The van der Waals surface area contributed by atoms with Gasteiger partial charge in [-0.3, -0.25) is 4.79 Å². The Labute approximate surface area is 172 Å². The number of nitrogens with zero attached hydrogens (tertiary/aromatic N) is 2. The van der Waals surface area contributed by atoms with E-state index in [4.69, 9.17) is 0 Å². The van der Waals surface area contributed by atoms with E-state index >= 15 is 0 Å². The average molecular weight is 421 g/mol. The highest BCUT2D eigenvalue weighted by Gasteiger charge is 2.29. The molecule has 1 aromatic heterocycles. The van der Waals surface area contributed by atoms with E-state index in [0.717, 1.165) is 36.4 Å². The summed E-state index contributed by atoms with van der Waals surface area (Å²) in [6, 6.07) is 12.9. The molecule has 0 spiro atoms. The summed E-state index contributed by atoms with van der Waals surface area (Å²) in [7, 11) is -3.61.